The van der Waals surface area contributed by atoms with E-state index in [1.165, 1.54) is 6.92 Å². The summed E-state index contributed by atoms with van der Waals surface area (Å²) < 4.78 is 10.0. The molecule has 74 valence electrons. The number of ether oxygens (including phenoxy) is 2. The summed E-state index contributed by atoms with van der Waals surface area (Å²) in [6.07, 6.45) is 1.60. The maximum atomic E-state index is 11.1. The molecule has 1 atom stereocenters. The van der Waals surface area contributed by atoms with Crippen molar-refractivity contribution in [3.8, 4) is 0 Å². The summed E-state index contributed by atoms with van der Waals surface area (Å²) in [5.74, 6) is -0.315. The molecule has 0 aliphatic carbocycles. The molecule has 1 aliphatic rings. The zero-order valence-corrected chi connectivity index (χ0v) is 7.75. The number of esters is 1. The first-order chi connectivity index (χ1) is 6.18. The number of hydrogen-bond acceptors (Lipinski definition) is 4. The van der Waals surface area contributed by atoms with E-state index < -0.39 is 0 Å². The SMILES string of the molecule is CC(=O)OC1CCCOCC(=O)C1. The van der Waals surface area contributed by atoms with E-state index in [1.807, 2.05) is 0 Å². The van der Waals surface area contributed by atoms with Crippen molar-refractivity contribution in [2.45, 2.75) is 32.3 Å². The molecule has 1 aliphatic heterocycles. The molecule has 0 aromatic heterocycles. The lowest BCUT2D eigenvalue weighted by Crippen LogP contribution is -2.25. The fraction of sp³-hybridized carbons (Fsp3) is 0.778. The van der Waals surface area contributed by atoms with E-state index in [0.717, 1.165) is 6.42 Å². The highest BCUT2D eigenvalue weighted by Gasteiger charge is 2.18. The average Bonchev–Trinajstić information content (AvgIpc) is 1.98. The molecule has 1 fully saturated rings. The van der Waals surface area contributed by atoms with Crippen molar-refractivity contribution in [3.63, 3.8) is 0 Å². The van der Waals surface area contributed by atoms with Gasteiger partial charge in [0, 0.05) is 20.0 Å². The first kappa shape index (κ1) is 10.2. The van der Waals surface area contributed by atoms with Gasteiger partial charge in [-0.3, -0.25) is 9.59 Å². The zero-order chi connectivity index (χ0) is 9.68. The second kappa shape index (κ2) is 4.97. The number of carbonyl (C=O) groups excluding carboxylic acids is 2. The molecule has 4 nitrogen and oxygen atoms in total. The van der Waals surface area contributed by atoms with Gasteiger partial charge in [-0.05, 0) is 12.8 Å². The number of rotatable bonds is 1. The monoisotopic (exact) mass is 186 g/mol. The summed E-state index contributed by atoms with van der Waals surface area (Å²) in [5, 5.41) is 0. The standard InChI is InChI=1S/C9H14O4/c1-7(10)13-9-3-2-4-12-6-8(11)5-9/h9H,2-6H2,1H3. The summed E-state index contributed by atoms with van der Waals surface area (Å²) in [4.78, 5) is 21.8. The topological polar surface area (TPSA) is 52.6 Å². The third kappa shape index (κ3) is 4.03. The summed E-state index contributed by atoms with van der Waals surface area (Å²) in [6, 6.07) is 0. The van der Waals surface area contributed by atoms with Crippen LogP contribution in [0.4, 0.5) is 0 Å². The van der Waals surface area contributed by atoms with E-state index in [9.17, 15) is 9.59 Å². The molecular weight excluding hydrogens is 172 g/mol. The highest BCUT2D eigenvalue weighted by atomic mass is 16.5. The molecule has 0 radical (unpaired) electrons. The molecule has 0 aromatic rings. The Morgan fingerprint density at radius 3 is 3.08 bits per heavy atom. The Morgan fingerprint density at radius 2 is 2.38 bits per heavy atom. The Bertz CT molecular complexity index is 200. The Labute approximate surface area is 77.2 Å². The van der Waals surface area contributed by atoms with Gasteiger partial charge < -0.3 is 9.47 Å². The van der Waals surface area contributed by atoms with Crippen LogP contribution < -0.4 is 0 Å². The third-order valence-corrected chi connectivity index (χ3v) is 1.87. The van der Waals surface area contributed by atoms with Gasteiger partial charge in [0.1, 0.15) is 12.7 Å². The third-order valence-electron chi connectivity index (χ3n) is 1.87. The fourth-order valence-corrected chi connectivity index (χ4v) is 1.35. The minimum Gasteiger partial charge on any atom is -0.462 e. The Hall–Kier alpha value is -0.900. The predicted molar refractivity (Wildman–Crippen MR) is 45.2 cm³/mol. The Kier molecular flexibility index (Phi) is 3.89. The quantitative estimate of drug-likeness (QED) is 0.565. The highest BCUT2D eigenvalue weighted by Crippen LogP contribution is 2.11. The molecule has 0 N–H and O–H groups in total. The van der Waals surface area contributed by atoms with Crippen LogP contribution in [0.25, 0.3) is 0 Å². The van der Waals surface area contributed by atoms with Gasteiger partial charge in [-0.25, -0.2) is 0 Å². The van der Waals surface area contributed by atoms with Crippen molar-refractivity contribution in [3.05, 3.63) is 0 Å². The maximum absolute atomic E-state index is 11.1. The fourth-order valence-electron chi connectivity index (χ4n) is 1.35. The van der Waals surface area contributed by atoms with Gasteiger partial charge in [0.05, 0.1) is 0 Å². The van der Waals surface area contributed by atoms with Gasteiger partial charge in [-0.2, -0.15) is 0 Å². The second-order valence-electron chi connectivity index (χ2n) is 3.17. The Morgan fingerprint density at radius 1 is 1.62 bits per heavy atom. The van der Waals surface area contributed by atoms with Crippen LogP contribution >= 0.6 is 0 Å². The minimum atomic E-state index is -0.320. The van der Waals surface area contributed by atoms with Gasteiger partial charge in [0.2, 0.25) is 0 Å². The average molecular weight is 186 g/mol. The molecule has 13 heavy (non-hydrogen) atoms. The lowest BCUT2D eigenvalue weighted by molar-refractivity contribution is -0.149. The van der Waals surface area contributed by atoms with Crippen molar-refractivity contribution in [1.29, 1.82) is 0 Å². The molecule has 1 heterocycles. The van der Waals surface area contributed by atoms with Crippen molar-refractivity contribution >= 4 is 11.8 Å². The van der Waals surface area contributed by atoms with Gasteiger partial charge >= 0.3 is 5.97 Å². The summed E-state index contributed by atoms with van der Waals surface area (Å²) in [5.41, 5.74) is 0. The van der Waals surface area contributed by atoms with Crippen molar-refractivity contribution in [1.82, 2.24) is 0 Å². The van der Waals surface area contributed by atoms with Gasteiger partial charge in [-0.1, -0.05) is 0 Å². The lowest BCUT2D eigenvalue weighted by Gasteiger charge is -2.18. The highest BCUT2D eigenvalue weighted by molar-refractivity contribution is 5.80. The van der Waals surface area contributed by atoms with Gasteiger partial charge in [0.15, 0.2) is 5.78 Å². The molecule has 0 aromatic carbocycles. The van der Waals surface area contributed by atoms with E-state index >= 15 is 0 Å². The van der Waals surface area contributed by atoms with Gasteiger partial charge in [-0.15, -0.1) is 0 Å². The van der Waals surface area contributed by atoms with Crippen LogP contribution in [-0.2, 0) is 19.1 Å². The molecule has 1 saturated heterocycles. The molecule has 0 spiro atoms. The van der Waals surface area contributed by atoms with E-state index in [4.69, 9.17) is 9.47 Å². The van der Waals surface area contributed by atoms with E-state index in [-0.39, 0.29) is 24.5 Å². The normalized spacial score (nSPS) is 24.7. The van der Waals surface area contributed by atoms with E-state index in [1.54, 1.807) is 0 Å². The van der Waals surface area contributed by atoms with Crippen molar-refractivity contribution < 1.29 is 19.1 Å². The van der Waals surface area contributed by atoms with Crippen LogP contribution in [0, 0.1) is 0 Å². The van der Waals surface area contributed by atoms with Crippen LogP contribution in [-0.4, -0.2) is 31.1 Å². The minimum absolute atomic E-state index is 0.00551. The molecule has 4 heteroatoms. The molecule has 0 saturated carbocycles. The lowest BCUT2D eigenvalue weighted by atomic mass is 10.1. The van der Waals surface area contributed by atoms with Crippen LogP contribution in [0.2, 0.25) is 0 Å². The van der Waals surface area contributed by atoms with E-state index in [2.05, 4.69) is 0 Å². The summed E-state index contributed by atoms with van der Waals surface area (Å²) in [6.45, 7) is 2.08. The second-order valence-corrected chi connectivity index (χ2v) is 3.17. The molecule has 1 unspecified atom stereocenters. The largest absolute Gasteiger partial charge is 0.462 e. The summed E-state index contributed by atoms with van der Waals surface area (Å²) >= 11 is 0. The first-order valence-corrected chi connectivity index (χ1v) is 4.45. The first-order valence-electron chi connectivity index (χ1n) is 4.45. The number of Topliss-reactive ketones (excluding diaryl/α,β-unsaturated/α-hetero) is 1. The number of hydrogen-bond donors (Lipinski definition) is 0. The van der Waals surface area contributed by atoms with E-state index in [0.29, 0.717) is 19.4 Å². The van der Waals surface area contributed by atoms with Crippen molar-refractivity contribution in [2.24, 2.45) is 0 Å². The van der Waals surface area contributed by atoms with Crippen LogP contribution in [0.15, 0.2) is 0 Å². The Balaban J connectivity index is 2.41. The number of carbonyl (C=O) groups is 2. The number of ketones is 1. The maximum Gasteiger partial charge on any atom is 0.302 e. The van der Waals surface area contributed by atoms with Crippen molar-refractivity contribution in [2.75, 3.05) is 13.2 Å². The smallest absolute Gasteiger partial charge is 0.302 e. The molecule has 0 amide bonds. The summed E-state index contributed by atoms with van der Waals surface area (Å²) in [7, 11) is 0. The van der Waals surface area contributed by atoms with Crippen LogP contribution in [0.3, 0.4) is 0 Å². The van der Waals surface area contributed by atoms with Crippen LogP contribution in [0.1, 0.15) is 26.2 Å². The molecule has 1 rings (SSSR count). The predicted octanol–water partition coefficient (Wildman–Crippen LogP) is 0.688. The molecule has 0 bridgehead atoms. The van der Waals surface area contributed by atoms with Crippen LogP contribution in [0.5, 0.6) is 0 Å². The zero-order valence-electron chi connectivity index (χ0n) is 7.75. The molecular formula is C9H14O4. The van der Waals surface area contributed by atoms with Gasteiger partial charge in [0.25, 0.3) is 0 Å².